The monoisotopic (exact) mass is 263 g/mol. The first kappa shape index (κ1) is 15.5. The number of benzene rings is 1. The molecule has 0 aliphatic heterocycles. The number of para-hydroxylation sites is 1. The lowest BCUT2D eigenvalue weighted by molar-refractivity contribution is 0.0940. The number of anilines is 1. The van der Waals surface area contributed by atoms with Crippen molar-refractivity contribution in [2.45, 2.75) is 39.8 Å². The van der Waals surface area contributed by atoms with Crippen LogP contribution in [0.3, 0.4) is 0 Å². The Hall–Kier alpha value is -1.55. The number of amides is 1. The number of rotatable bonds is 6. The third-order valence-electron chi connectivity index (χ3n) is 3.19. The summed E-state index contributed by atoms with van der Waals surface area (Å²) in [5.41, 5.74) is 6.84. The number of nitrogens with one attached hydrogen (secondary N) is 1. The molecular formula is C15H25N3O. The summed E-state index contributed by atoms with van der Waals surface area (Å²) in [6.45, 7) is 10.1. The first-order valence-corrected chi connectivity index (χ1v) is 6.82. The minimum Gasteiger partial charge on any atom is -0.398 e. The third kappa shape index (κ3) is 4.56. The SMILES string of the molecule is CC(C)N(CCNC(=O)c1ccccc1N)C(C)C. The fourth-order valence-electron chi connectivity index (χ4n) is 2.21. The standard InChI is InChI=1S/C15H25N3O/c1-11(2)18(12(3)4)10-9-17-15(19)13-7-5-6-8-14(13)16/h5-8,11-12H,9-10,16H2,1-4H3,(H,17,19). The summed E-state index contributed by atoms with van der Waals surface area (Å²) in [6, 6.07) is 8.07. The van der Waals surface area contributed by atoms with Gasteiger partial charge >= 0.3 is 0 Å². The van der Waals surface area contributed by atoms with Gasteiger partial charge in [0.1, 0.15) is 0 Å². The second kappa shape index (κ2) is 7.14. The van der Waals surface area contributed by atoms with Crippen molar-refractivity contribution in [3.63, 3.8) is 0 Å². The topological polar surface area (TPSA) is 58.4 Å². The maximum absolute atomic E-state index is 12.0. The lowest BCUT2D eigenvalue weighted by Crippen LogP contribution is -2.42. The van der Waals surface area contributed by atoms with Gasteiger partial charge in [-0.3, -0.25) is 9.69 Å². The Morgan fingerprint density at radius 1 is 1.21 bits per heavy atom. The molecule has 4 nitrogen and oxygen atoms in total. The third-order valence-corrected chi connectivity index (χ3v) is 3.19. The fraction of sp³-hybridized carbons (Fsp3) is 0.533. The van der Waals surface area contributed by atoms with E-state index in [1.165, 1.54) is 0 Å². The average molecular weight is 263 g/mol. The van der Waals surface area contributed by atoms with Gasteiger partial charge < -0.3 is 11.1 Å². The summed E-state index contributed by atoms with van der Waals surface area (Å²) in [5, 5.41) is 2.92. The minimum absolute atomic E-state index is 0.106. The molecule has 0 bridgehead atoms. The van der Waals surface area contributed by atoms with Crippen LogP contribution in [0.25, 0.3) is 0 Å². The molecule has 0 atom stereocenters. The maximum atomic E-state index is 12.0. The second-order valence-corrected chi connectivity index (χ2v) is 5.27. The van der Waals surface area contributed by atoms with Crippen molar-refractivity contribution in [3.8, 4) is 0 Å². The molecule has 0 fully saturated rings. The zero-order valence-corrected chi connectivity index (χ0v) is 12.3. The van der Waals surface area contributed by atoms with Gasteiger partial charge in [0.15, 0.2) is 0 Å². The number of hydrogen-bond acceptors (Lipinski definition) is 3. The van der Waals surface area contributed by atoms with Crippen LogP contribution in [-0.4, -0.2) is 36.0 Å². The van der Waals surface area contributed by atoms with Gasteiger partial charge in [-0.15, -0.1) is 0 Å². The van der Waals surface area contributed by atoms with Gasteiger partial charge in [-0.1, -0.05) is 12.1 Å². The van der Waals surface area contributed by atoms with E-state index in [0.717, 1.165) is 6.54 Å². The molecule has 1 aromatic rings. The molecule has 1 aromatic carbocycles. The summed E-state index contributed by atoms with van der Waals surface area (Å²) in [6.07, 6.45) is 0. The Labute approximate surface area is 116 Å². The normalized spacial score (nSPS) is 11.3. The zero-order chi connectivity index (χ0) is 14.4. The molecule has 0 heterocycles. The van der Waals surface area contributed by atoms with Crippen LogP contribution in [0.15, 0.2) is 24.3 Å². The molecule has 1 rings (SSSR count). The van der Waals surface area contributed by atoms with E-state index < -0.39 is 0 Å². The lowest BCUT2D eigenvalue weighted by Gasteiger charge is -2.30. The van der Waals surface area contributed by atoms with E-state index in [4.69, 9.17) is 5.73 Å². The minimum atomic E-state index is -0.106. The molecule has 19 heavy (non-hydrogen) atoms. The number of nitrogen functional groups attached to an aromatic ring is 1. The van der Waals surface area contributed by atoms with Crippen molar-refractivity contribution in [1.29, 1.82) is 0 Å². The summed E-state index contributed by atoms with van der Waals surface area (Å²) in [7, 11) is 0. The molecule has 0 saturated heterocycles. The Bertz CT molecular complexity index is 408. The number of nitrogens with zero attached hydrogens (tertiary/aromatic N) is 1. The molecule has 0 aromatic heterocycles. The molecule has 106 valence electrons. The number of carbonyl (C=O) groups excluding carboxylic acids is 1. The highest BCUT2D eigenvalue weighted by Crippen LogP contribution is 2.10. The molecule has 3 N–H and O–H groups in total. The lowest BCUT2D eigenvalue weighted by atomic mass is 10.1. The fourth-order valence-corrected chi connectivity index (χ4v) is 2.21. The molecule has 0 aliphatic rings. The van der Waals surface area contributed by atoms with Crippen LogP contribution < -0.4 is 11.1 Å². The van der Waals surface area contributed by atoms with Crippen molar-refractivity contribution in [3.05, 3.63) is 29.8 Å². The van der Waals surface area contributed by atoms with E-state index in [-0.39, 0.29) is 5.91 Å². The summed E-state index contributed by atoms with van der Waals surface area (Å²) < 4.78 is 0. The van der Waals surface area contributed by atoms with Crippen LogP contribution in [0.1, 0.15) is 38.1 Å². The van der Waals surface area contributed by atoms with E-state index >= 15 is 0 Å². The number of carbonyl (C=O) groups is 1. The Kier molecular flexibility index (Phi) is 5.83. The van der Waals surface area contributed by atoms with Gasteiger partial charge in [-0.2, -0.15) is 0 Å². The number of nitrogens with two attached hydrogens (primary N) is 1. The quantitative estimate of drug-likeness (QED) is 0.773. The highest BCUT2D eigenvalue weighted by Gasteiger charge is 2.14. The molecule has 0 saturated carbocycles. The van der Waals surface area contributed by atoms with Gasteiger partial charge in [0.2, 0.25) is 0 Å². The van der Waals surface area contributed by atoms with Crippen molar-refractivity contribution in [1.82, 2.24) is 10.2 Å². The van der Waals surface area contributed by atoms with Crippen molar-refractivity contribution >= 4 is 11.6 Å². The van der Waals surface area contributed by atoms with E-state index in [1.807, 2.05) is 12.1 Å². The van der Waals surface area contributed by atoms with Gasteiger partial charge in [-0.05, 0) is 39.8 Å². The van der Waals surface area contributed by atoms with Crippen LogP contribution in [0.5, 0.6) is 0 Å². The second-order valence-electron chi connectivity index (χ2n) is 5.27. The van der Waals surface area contributed by atoms with Crippen LogP contribution in [-0.2, 0) is 0 Å². The van der Waals surface area contributed by atoms with E-state index in [9.17, 15) is 4.79 Å². The van der Waals surface area contributed by atoms with Gasteiger partial charge in [0.05, 0.1) is 5.56 Å². The number of hydrogen-bond donors (Lipinski definition) is 2. The molecule has 1 amide bonds. The van der Waals surface area contributed by atoms with Crippen LogP contribution in [0, 0.1) is 0 Å². The van der Waals surface area contributed by atoms with E-state index in [1.54, 1.807) is 12.1 Å². The molecule has 0 unspecified atom stereocenters. The molecule has 0 radical (unpaired) electrons. The maximum Gasteiger partial charge on any atom is 0.253 e. The zero-order valence-electron chi connectivity index (χ0n) is 12.3. The van der Waals surface area contributed by atoms with Crippen molar-refractivity contribution in [2.75, 3.05) is 18.8 Å². The van der Waals surface area contributed by atoms with Crippen molar-refractivity contribution in [2.24, 2.45) is 0 Å². The highest BCUT2D eigenvalue weighted by atomic mass is 16.1. The van der Waals surface area contributed by atoms with E-state index in [0.29, 0.717) is 29.9 Å². The highest BCUT2D eigenvalue weighted by molar-refractivity contribution is 5.99. The first-order chi connectivity index (χ1) is 8.93. The average Bonchev–Trinajstić information content (AvgIpc) is 2.33. The van der Waals surface area contributed by atoms with Crippen LogP contribution in [0.2, 0.25) is 0 Å². The molecule has 4 heteroatoms. The predicted octanol–water partition coefficient (Wildman–Crippen LogP) is 2.12. The molecule has 0 aliphatic carbocycles. The van der Waals surface area contributed by atoms with Crippen LogP contribution >= 0.6 is 0 Å². The Morgan fingerprint density at radius 2 is 1.79 bits per heavy atom. The summed E-state index contributed by atoms with van der Waals surface area (Å²) in [4.78, 5) is 14.3. The van der Waals surface area contributed by atoms with Gasteiger partial charge in [0, 0.05) is 30.9 Å². The molecular weight excluding hydrogens is 238 g/mol. The van der Waals surface area contributed by atoms with Gasteiger partial charge in [0.25, 0.3) is 5.91 Å². The van der Waals surface area contributed by atoms with E-state index in [2.05, 4.69) is 37.9 Å². The van der Waals surface area contributed by atoms with Crippen LogP contribution in [0.4, 0.5) is 5.69 Å². The largest absolute Gasteiger partial charge is 0.398 e. The Balaban J connectivity index is 2.49. The van der Waals surface area contributed by atoms with Crippen molar-refractivity contribution < 1.29 is 4.79 Å². The molecule has 0 spiro atoms. The first-order valence-electron chi connectivity index (χ1n) is 6.82. The smallest absolute Gasteiger partial charge is 0.253 e. The Morgan fingerprint density at radius 3 is 2.32 bits per heavy atom. The summed E-state index contributed by atoms with van der Waals surface area (Å²) >= 11 is 0. The van der Waals surface area contributed by atoms with Gasteiger partial charge in [-0.25, -0.2) is 0 Å². The summed E-state index contributed by atoms with van der Waals surface area (Å²) in [5.74, 6) is -0.106. The predicted molar refractivity (Wildman–Crippen MR) is 80.2 cm³/mol.